The zero-order valence-corrected chi connectivity index (χ0v) is 12.6. The van der Waals surface area contributed by atoms with Crippen LogP contribution in [-0.4, -0.2) is 24.0 Å². The fourth-order valence-corrected chi connectivity index (χ4v) is 1.94. The Balaban J connectivity index is 2.80. The van der Waals surface area contributed by atoms with E-state index in [9.17, 15) is 9.70 Å². The highest BCUT2D eigenvalue weighted by Crippen LogP contribution is 2.21. The van der Waals surface area contributed by atoms with E-state index in [0.717, 1.165) is 0 Å². The standard InChI is InChI=1S/C12H16BrN3O3/c1-7(2)4-9(16-18)12(17)14-8-5-10(13)15-11(6-8)19-3/h5-7,9H,4H2,1-3H3,(H,14,15,17). The third kappa shape index (κ3) is 4.94. The lowest BCUT2D eigenvalue weighted by Gasteiger charge is -2.12. The van der Waals surface area contributed by atoms with Crippen LogP contribution in [0.2, 0.25) is 0 Å². The molecule has 1 rings (SSSR count). The highest BCUT2D eigenvalue weighted by molar-refractivity contribution is 9.10. The van der Waals surface area contributed by atoms with Gasteiger partial charge in [0.15, 0.2) is 6.04 Å². The van der Waals surface area contributed by atoms with Crippen LogP contribution in [0.3, 0.4) is 0 Å². The van der Waals surface area contributed by atoms with Crippen LogP contribution in [0.15, 0.2) is 21.9 Å². The van der Waals surface area contributed by atoms with Crippen molar-refractivity contribution < 1.29 is 9.53 Å². The highest BCUT2D eigenvalue weighted by Gasteiger charge is 2.20. The van der Waals surface area contributed by atoms with E-state index in [4.69, 9.17) is 4.74 Å². The van der Waals surface area contributed by atoms with E-state index in [1.54, 1.807) is 12.1 Å². The van der Waals surface area contributed by atoms with Gasteiger partial charge < -0.3 is 10.1 Å². The van der Waals surface area contributed by atoms with Gasteiger partial charge in [0, 0.05) is 11.8 Å². The molecule has 0 fully saturated rings. The molecule has 0 saturated carbocycles. The third-order valence-corrected chi connectivity index (χ3v) is 2.78. The molecule has 19 heavy (non-hydrogen) atoms. The highest BCUT2D eigenvalue weighted by atomic mass is 79.9. The molecule has 1 aromatic rings. The molecule has 0 aromatic carbocycles. The molecule has 0 spiro atoms. The first kappa shape index (κ1) is 15.6. The fourth-order valence-electron chi connectivity index (χ4n) is 1.52. The van der Waals surface area contributed by atoms with Crippen LogP contribution in [0.4, 0.5) is 5.69 Å². The van der Waals surface area contributed by atoms with Gasteiger partial charge in [0.25, 0.3) is 5.91 Å². The number of amides is 1. The van der Waals surface area contributed by atoms with Gasteiger partial charge in [-0.2, -0.15) is 0 Å². The molecule has 0 saturated heterocycles. The van der Waals surface area contributed by atoms with Crippen molar-refractivity contribution in [1.29, 1.82) is 0 Å². The molecule has 0 aliphatic rings. The SMILES string of the molecule is COc1cc(NC(=O)C(CC(C)C)N=O)cc(Br)n1. The van der Waals surface area contributed by atoms with Crippen molar-refractivity contribution in [3.05, 3.63) is 21.6 Å². The second-order valence-electron chi connectivity index (χ2n) is 4.46. The van der Waals surface area contributed by atoms with Crippen molar-refractivity contribution in [1.82, 2.24) is 4.98 Å². The Morgan fingerprint density at radius 3 is 2.74 bits per heavy atom. The number of hydrogen-bond donors (Lipinski definition) is 1. The Morgan fingerprint density at radius 2 is 2.21 bits per heavy atom. The molecular weight excluding hydrogens is 314 g/mol. The van der Waals surface area contributed by atoms with Crippen LogP contribution in [0.5, 0.6) is 5.88 Å². The quantitative estimate of drug-likeness (QED) is 0.642. The van der Waals surface area contributed by atoms with Gasteiger partial charge in [0.05, 0.1) is 7.11 Å². The van der Waals surface area contributed by atoms with Crippen LogP contribution in [0.1, 0.15) is 20.3 Å². The number of rotatable bonds is 6. The van der Waals surface area contributed by atoms with Gasteiger partial charge in [-0.15, -0.1) is 4.91 Å². The topological polar surface area (TPSA) is 80.6 Å². The van der Waals surface area contributed by atoms with Crippen LogP contribution in [0, 0.1) is 10.8 Å². The maximum atomic E-state index is 11.9. The van der Waals surface area contributed by atoms with Crippen molar-refractivity contribution in [2.45, 2.75) is 26.3 Å². The number of anilines is 1. The van der Waals surface area contributed by atoms with E-state index in [1.807, 2.05) is 13.8 Å². The Labute approximate surface area is 120 Å². The predicted molar refractivity (Wildman–Crippen MR) is 76.2 cm³/mol. The lowest BCUT2D eigenvalue weighted by molar-refractivity contribution is -0.117. The molecule has 1 heterocycles. The van der Waals surface area contributed by atoms with E-state index >= 15 is 0 Å². The molecule has 6 nitrogen and oxygen atoms in total. The van der Waals surface area contributed by atoms with E-state index in [0.29, 0.717) is 22.6 Å². The molecular formula is C12H16BrN3O3. The minimum atomic E-state index is -0.891. The second kappa shape index (κ2) is 7.18. The minimum Gasteiger partial charge on any atom is -0.481 e. The van der Waals surface area contributed by atoms with Gasteiger partial charge in [-0.1, -0.05) is 19.0 Å². The lowest BCUT2D eigenvalue weighted by Crippen LogP contribution is -2.27. The van der Waals surface area contributed by atoms with Crippen LogP contribution < -0.4 is 10.1 Å². The molecule has 1 N–H and O–H groups in total. The van der Waals surface area contributed by atoms with Crippen LogP contribution in [0.25, 0.3) is 0 Å². The zero-order chi connectivity index (χ0) is 14.4. The molecule has 0 bridgehead atoms. The monoisotopic (exact) mass is 329 g/mol. The molecule has 0 radical (unpaired) electrons. The Bertz CT molecular complexity index is 466. The average molecular weight is 330 g/mol. The van der Waals surface area contributed by atoms with Crippen molar-refractivity contribution in [2.24, 2.45) is 11.1 Å². The number of ether oxygens (including phenoxy) is 1. The Hall–Kier alpha value is -1.50. The van der Waals surface area contributed by atoms with Crippen molar-refractivity contribution >= 4 is 27.5 Å². The lowest BCUT2D eigenvalue weighted by atomic mass is 10.0. The summed E-state index contributed by atoms with van der Waals surface area (Å²) in [5.74, 6) is 0.153. The number of nitroso groups, excluding NO2 is 1. The van der Waals surface area contributed by atoms with Gasteiger partial charge in [0.1, 0.15) is 4.60 Å². The van der Waals surface area contributed by atoms with Gasteiger partial charge in [-0.3, -0.25) is 4.79 Å². The molecule has 0 aliphatic heterocycles. The molecule has 104 valence electrons. The molecule has 1 unspecified atom stereocenters. The van der Waals surface area contributed by atoms with Gasteiger partial charge in [-0.25, -0.2) is 4.98 Å². The number of carbonyl (C=O) groups excluding carboxylic acids is 1. The number of carbonyl (C=O) groups is 1. The fraction of sp³-hybridized carbons (Fsp3) is 0.500. The molecule has 1 aromatic heterocycles. The summed E-state index contributed by atoms with van der Waals surface area (Å²) in [4.78, 5) is 26.6. The second-order valence-corrected chi connectivity index (χ2v) is 5.27. The van der Waals surface area contributed by atoms with Crippen LogP contribution in [-0.2, 0) is 4.79 Å². The average Bonchev–Trinajstić information content (AvgIpc) is 2.34. The number of hydrogen-bond acceptors (Lipinski definition) is 5. The molecule has 1 amide bonds. The van der Waals surface area contributed by atoms with E-state index in [2.05, 4.69) is 31.4 Å². The maximum Gasteiger partial charge on any atom is 0.252 e. The minimum absolute atomic E-state index is 0.215. The van der Waals surface area contributed by atoms with Gasteiger partial charge in [-0.05, 0) is 34.3 Å². The number of nitrogens with one attached hydrogen (secondary N) is 1. The largest absolute Gasteiger partial charge is 0.481 e. The first-order valence-electron chi connectivity index (χ1n) is 5.81. The first-order valence-corrected chi connectivity index (χ1v) is 6.60. The van der Waals surface area contributed by atoms with E-state index < -0.39 is 11.9 Å². The summed E-state index contributed by atoms with van der Waals surface area (Å²) in [7, 11) is 1.48. The predicted octanol–water partition coefficient (Wildman–Crippen LogP) is 2.97. The normalized spacial score (nSPS) is 12.1. The smallest absolute Gasteiger partial charge is 0.252 e. The number of pyridine rings is 1. The van der Waals surface area contributed by atoms with E-state index in [1.165, 1.54) is 7.11 Å². The van der Waals surface area contributed by atoms with Crippen molar-refractivity contribution in [2.75, 3.05) is 12.4 Å². The summed E-state index contributed by atoms with van der Waals surface area (Å²) in [6.45, 7) is 3.86. The maximum absolute atomic E-state index is 11.9. The summed E-state index contributed by atoms with van der Waals surface area (Å²) in [6.07, 6.45) is 0.415. The van der Waals surface area contributed by atoms with Crippen molar-refractivity contribution in [3.63, 3.8) is 0 Å². The first-order chi connectivity index (χ1) is 8.96. The molecule has 7 heteroatoms. The summed E-state index contributed by atoms with van der Waals surface area (Å²) >= 11 is 3.21. The molecule has 1 atom stereocenters. The number of halogens is 1. The van der Waals surface area contributed by atoms with Gasteiger partial charge >= 0.3 is 0 Å². The Kier molecular flexibility index (Phi) is 5.88. The summed E-state index contributed by atoms with van der Waals surface area (Å²) in [6, 6.07) is 2.30. The van der Waals surface area contributed by atoms with Crippen molar-refractivity contribution in [3.8, 4) is 5.88 Å². The number of nitrogens with zero attached hydrogens (tertiary/aromatic N) is 2. The summed E-state index contributed by atoms with van der Waals surface area (Å²) in [5, 5.41) is 5.50. The molecule has 0 aliphatic carbocycles. The van der Waals surface area contributed by atoms with Gasteiger partial charge in [0.2, 0.25) is 5.88 Å². The number of aromatic nitrogens is 1. The van der Waals surface area contributed by atoms with Crippen LogP contribution >= 0.6 is 15.9 Å². The zero-order valence-electron chi connectivity index (χ0n) is 11.0. The number of methoxy groups -OCH3 is 1. The van der Waals surface area contributed by atoms with E-state index in [-0.39, 0.29) is 5.92 Å². The Morgan fingerprint density at radius 1 is 1.53 bits per heavy atom. The summed E-state index contributed by atoms with van der Waals surface area (Å²) in [5.41, 5.74) is 0.501. The summed E-state index contributed by atoms with van der Waals surface area (Å²) < 4.78 is 5.52. The third-order valence-electron chi connectivity index (χ3n) is 2.37.